The van der Waals surface area contributed by atoms with Crippen LogP contribution in [0.1, 0.15) is 96.6 Å². The topological polar surface area (TPSA) is 86.7 Å². The van der Waals surface area contributed by atoms with Gasteiger partial charge >= 0.3 is 0 Å². The Morgan fingerprint density at radius 3 is 2.71 bits per heavy atom. The van der Waals surface area contributed by atoms with Crippen molar-refractivity contribution in [3.05, 3.63) is 65.5 Å². The second-order valence-electron chi connectivity index (χ2n) is 12.9. The molecule has 5 nitrogen and oxygen atoms in total. The zero-order valence-corrected chi connectivity index (χ0v) is 23.5. The monoisotopic (exact) mass is 521 g/mol. The predicted molar refractivity (Wildman–Crippen MR) is 150 cm³/mol. The van der Waals surface area contributed by atoms with Crippen LogP contribution in [0.5, 0.6) is 0 Å². The van der Waals surface area contributed by atoms with Gasteiger partial charge in [0.1, 0.15) is 5.76 Å². The standard InChI is InChI=1S/C33H47NO4/c1-5-7-26-20-34-31(38-26)33(16-17-33)30(37)14-9-21(2)27-12-13-28-23(8-6-15-32(27,28)4)10-11-24-18-25(35)19-29(36)22(24)3/h9-11,14,20-21,25,27-30,35-37H,3,5-8,12-13,15-19H2,1-2,4H3/t21-,25+,27+,28-,29-,30-,32+/m0/s1. The Hall–Kier alpha value is -1.95. The van der Waals surface area contributed by atoms with Crippen LogP contribution in [0.15, 0.2) is 58.2 Å². The molecule has 0 aliphatic heterocycles. The van der Waals surface area contributed by atoms with Gasteiger partial charge < -0.3 is 19.7 Å². The third-order valence-electron chi connectivity index (χ3n) is 10.4. The summed E-state index contributed by atoms with van der Waals surface area (Å²) in [7, 11) is 0. The number of oxazole rings is 1. The van der Waals surface area contributed by atoms with Crippen LogP contribution in [0.25, 0.3) is 0 Å². The fourth-order valence-electron chi connectivity index (χ4n) is 7.88. The predicted octanol–water partition coefficient (Wildman–Crippen LogP) is 6.35. The second kappa shape index (κ2) is 10.9. The molecule has 0 aromatic carbocycles. The van der Waals surface area contributed by atoms with Gasteiger partial charge in [-0.2, -0.15) is 0 Å². The lowest BCUT2D eigenvalue weighted by Gasteiger charge is -2.44. The molecule has 38 heavy (non-hydrogen) atoms. The van der Waals surface area contributed by atoms with E-state index in [4.69, 9.17) is 4.42 Å². The third kappa shape index (κ3) is 5.14. The third-order valence-corrected chi connectivity index (χ3v) is 10.4. The summed E-state index contributed by atoms with van der Waals surface area (Å²) in [6, 6.07) is 0. The summed E-state index contributed by atoms with van der Waals surface area (Å²) in [5, 5.41) is 31.5. The van der Waals surface area contributed by atoms with Gasteiger partial charge in [-0.05, 0) is 92.1 Å². The van der Waals surface area contributed by atoms with Crippen molar-refractivity contribution in [3.63, 3.8) is 0 Å². The quantitative estimate of drug-likeness (QED) is 0.347. The summed E-state index contributed by atoms with van der Waals surface area (Å²) < 4.78 is 6.01. The van der Waals surface area contributed by atoms with Gasteiger partial charge in [0.05, 0.1) is 29.9 Å². The summed E-state index contributed by atoms with van der Waals surface area (Å²) in [5.41, 5.74) is 3.15. The zero-order valence-electron chi connectivity index (χ0n) is 23.5. The average molecular weight is 522 g/mol. The summed E-state index contributed by atoms with van der Waals surface area (Å²) in [5.74, 6) is 3.14. The fourth-order valence-corrected chi connectivity index (χ4v) is 7.88. The van der Waals surface area contributed by atoms with E-state index < -0.39 is 18.3 Å². The van der Waals surface area contributed by atoms with Gasteiger partial charge in [0, 0.05) is 12.8 Å². The van der Waals surface area contributed by atoms with Gasteiger partial charge in [-0.3, -0.25) is 0 Å². The van der Waals surface area contributed by atoms with Crippen LogP contribution < -0.4 is 0 Å². The van der Waals surface area contributed by atoms with E-state index in [-0.39, 0.29) is 10.8 Å². The minimum atomic E-state index is -0.643. The van der Waals surface area contributed by atoms with E-state index >= 15 is 0 Å². The molecule has 4 aliphatic carbocycles. The molecule has 5 rings (SSSR count). The van der Waals surface area contributed by atoms with Crippen LogP contribution in [-0.4, -0.2) is 38.6 Å². The first-order chi connectivity index (χ1) is 18.2. The summed E-state index contributed by atoms with van der Waals surface area (Å²) >= 11 is 0. The van der Waals surface area contributed by atoms with E-state index in [1.54, 1.807) is 0 Å². The van der Waals surface area contributed by atoms with Crippen molar-refractivity contribution < 1.29 is 19.7 Å². The highest BCUT2D eigenvalue weighted by molar-refractivity contribution is 5.38. The molecule has 0 saturated heterocycles. The number of hydrogen-bond acceptors (Lipinski definition) is 5. The minimum absolute atomic E-state index is 0.245. The second-order valence-corrected chi connectivity index (χ2v) is 12.9. The molecule has 1 heterocycles. The number of aliphatic hydroxyl groups excluding tert-OH is 3. The van der Waals surface area contributed by atoms with Crippen molar-refractivity contribution in [2.24, 2.45) is 23.2 Å². The van der Waals surface area contributed by atoms with Crippen LogP contribution in [0.3, 0.4) is 0 Å². The molecule has 0 amide bonds. The molecular weight excluding hydrogens is 474 g/mol. The summed E-state index contributed by atoms with van der Waals surface area (Å²) in [4.78, 5) is 4.53. The number of rotatable bonds is 8. The van der Waals surface area contributed by atoms with Crippen LogP contribution >= 0.6 is 0 Å². The Morgan fingerprint density at radius 2 is 1.97 bits per heavy atom. The molecule has 4 fully saturated rings. The van der Waals surface area contributed by atoms with Crippen LogP contribution in [0.4, 0.5) is 0 Å². The van der Waals surface area contributed by atoms with Crippen molar-refractivity contribution in [2.75, 3.05) is 0 Å². The SMILES string of the molecule is C=C1C(=CC=C2CCC[C@]3(C)[C@@H]([C@@H](C)C=C[C@H](O)C4(c5ncc(CCC)o5)CC4)CC[C@@H]23)C[C@@H](O)C[C@@H]1O. The highest BCUT2D eigenvalue weighted by Gasteiger charge is 2.54. The summed E-state index contributed by atoms with van der Waals surface area (Å²) in [6.45, 7) is 11.0. The normalized spacial score (nSPS) is 36.6. The number of hydrogen-bond donors (Lipinski definition) is 3. The first kappa shape index (κ1) is 27.6. The maximum absolute atomic E-state index is 11.2. The van der Waals surface area contributed by atoms with Crippen molar-refractivity contribution in [1.29, 1.82) is 0 Å². The van der Waals surface area contributed by atoms with Crippen molar-refractivity contribution in [1.82, 2.24) is 4.98 Å². The van der Waals surface area contributed by atoms with Gasteiger partial charge in [-0.25, -0.2) is 4.98 Å². The number of aromatic nitrogens is 1. The smallest absolute Gasteiger partial charge is 0.203 e. The molecule has 7 atom stereocenters. The molecule has 0 radical (unpaired) electrons. The molecule has 208 valence electrons. The van der Waals surface area contributed by atoms with Gasteiger partial charge in [0.2, 0.25) is 5.89 Å². The molecule has 5 heteroatoms. The first-order valence-corrected chi connectivity index (χ1v) is 14.9. The van der Waals surface area contributed by atoms with Crippen LogP contribution in [0.2, 0.25) is 0 Å². The lowest BCUT2D eigenvalue weighted by molar-refractivity contribution is 0.0862. The Morgan fingerprint density at radius 1 is 1.18 bits per heavy atom. The molecule has 0 unspecified atom stereocenters. The Balaban J connectivity index is 1.27. The van der Waals surface area contributed by atoms with Gasteiger partial charge in [-0.15, -0.1) is 0 Å². The van der Waals surface area contributed by atoms with Gasteiger partial charge in [0.25, 0.3) is 0 Å². The largest absolute Gasteiger partial charge is 0.445 e. The number of allylic oxidation sites excluding steroid dienone is 4. The number of fused-ring (bicyclic) bond motifs is 1. The van der Waals surface area contributed by atoms with Crippen molar-refractivity contribution in [2.45, 2.75) is 115 Å². The molecule has 4 saturated carbocycles. The average Bonchev–Trinajstić information content (AvgIpc) is 3.42. The Kier molecular flexibility index (Phi) is 7.92. The van der Waals surface area contributed by atoms with E-state index in [1.165, 1.54) is 31.3 Å². The van der Waals surface area contributed by atoms with E-state index in [0.717, 1.165) is 49.0 Å². The van der Waals surface area contributed by atoms with Gasteiger partial charge in [-0.1, -0.05) is 57.2 Å². The molecule has 1 aromatic rings. The molecule has 3 N–H and O–H groups in total. The number of nitrogens with zero attached hydrogens (tertiary/aromatic N) is 1. The van der Waals surface area contributed by atoms with E-state index in [0.29, 0.717) is 36.5 Å². The number of aryl methyl sites for hydroxylation is 1. The minimum Gasteiger partial charge on any atom is -0.445 e. The van der Waals surface area contributed by atoms with Crippen molar-refractivity contribution >= 4 is 0 Å². The lowest BCUT2D eigenvalue weighted by Crippen LogP contribution is -2.35. The van der Waals surface area contributed by atoms with Crippen molar-refractivity contribution in [3.8, 4) is 0 Å². The lowest BCUT2D eigenvalue weighted by atomic mass is 9.61. The Labute approximate surface area is 228 Å². The van der Waals surface area contributed by atoms with Crippen LogP contribution in [-0.2, 0) is 11.8 Å². The maximum Gasteiger partial charge on any atom is 0.203 e. The van der Waals surface area contributed by atoms with Crippen LogP contribution in [0, 0.1) is 23.2 Å². The van der Waals surface area contributed by atoms with E-state index in [2.05, 4.69) is 50.6 Å². The van der Waals surface area contributed by atoms with E-state index in [9.17, 15) is 15.3 Å². The molecular formula is C33H47NO4. The molecule has 1 aromatic heterocycles. The first-order valence-electron chi connectivity index (χ1n) is 14.9. The zero-order chi connectivity index (χ0) is 27.1. The fraction of sp³-hybridized carbons (Fsp3) is 0.667. The highest BCUT2D eigenvalue weighted by atomic mass is 16.4. The highest BCUT2D eigenvalue weighted by Crippen LogP contribution is 2.60. The number of aliphatic hydroxyl groups is 3. The Bertz CT molecular complexity index is 1110. The summed E-state index contributed by atoms with van der Waals surface area (Å²) in [6.07, 6.45) is 19.5. The molecule has 4 aliphatic rings. The van der Waals surface area contributed by atoms with Gasteiger partial charge in [0.15, 0.2) is 0 Å². The molecule has 0 bridgehead atoms. The molecule has 0 spiro atoms. The van der Waals surface area contributed by atoms with E-state index in [1.807, 2.05) is 12.3 Å². The maximum atomic E-state index is 11.2.